The predicted octanol–water partition coefficient (Wildman–Crippen LogP) is 0.683. The van der Waals surface area contributed by atoms with E-state index in [-0.39, 0.29) is 17.3 Å². The molecule has 0 unspecified atom stereocenters. The van der Waals surface area contributed by atoms with Crippen LogP contribution in [0.2, 0.25) is 0 Å². The van der Waals surface area contributed by atoms with Crippen molar-refractivity contribution >= 4 is 21.6 Å². The molecule has 1 saturated heterocycles. The van der Waals surface area contributed by atoms with Crippen LogP contribution in [-0.4, -0.2) is 31.8 Å². The lowest BCUT2D eigenvalue weighted by Gasteiger charge is -2.15. The summed E-state index contributed by atoms with van der Waals surface area (Å²) in [6.07, 6.45) is 2.06. The minimum Gasteiger partial charge on any atom is -0.355 e. The van der Waals surface area contributed by atoms with Gasteiger partial charge in [0.05, 0.1) is 10.7 Å². The lowest BCUT2D eigenvalue weighted by atomic mass is 10.1. The highest BCUT2D eigenvalue weighted by Gasteiger charge is 2.25. The van der Waals surface area contributed by atoms with Crippen molar-refractivity contribution in [2.45, 2.75) is 31.1 Å². The molecule has 0 aliphatic carbocycles. The van der Waals surface area contributed by atoms with Gasteiger partial charge >= 0.3 is 0 Å². The first-order valence-corrected chi connectivity index (χ1v) is 8.54. The molecule has 1 aliphatic rings. The third-order valence-corrected chi connectivity index (χ3v) is 4.72. The van der Waals surface area contributed by atoms with Gasteiger partial charge in [0.25, 0.3) is 5.69 Å². The van der Waals surface area contributed by atoms with E-state index in [1.165, 1.54) is 24.3 Å². The molecule has 8 nitrogen and oxygen atoms in total. The van der Waals surface area contributed by atoms with Crippen LogP contribution in [0.4, 0.5) is 5.69 Å². The summed E-state index contributed by atoms with van der Waals surface area (Å²) in [5.74, 6) is -0.640. The van der Waals surface area contributed by atoms with Gasteiger partial charge in [-0.3, -0.25) is 14.9 Å². The van der Waals surface area contributed by atoms with Crippen LogP contribution in [0.25, 0.3) is 0 Å². The van der Waals surface area contributed by atoms with Gasteiger partial charge in [0.15, 0.2) is 0 Å². The summed E-state index contributed by atoms with van der Waals surface area (Å²) in [6.45, 7) is 0.555. The average molecular weight is 327 g/mol. The molecular weight excluding hydrogens is 310 g/mol. The maximum absolute atomic E-state index is 12.1. The Morgan fingerprint density at radius 3 is 2.59 bits per heavy atom. The Morgan fingerprint density at radius 1 is 1.27 bits per heavy atom. The third-order valence-electron chi connectivity index (χ3n) is 3.36. The number of non-ortho nitro benzene ring substituents is 1. The van der Waals surface area contributed by atoms with Gasteiger partial charge in [-0.25, -0.2) is 13.1 Å². The van der Waals surface area contributed by atoms with Crippen LogP contribution in [-0.2, 0) is 20.6 Å². The van der Waals surface area contributed by atoms with E-state index >= 15 is 0 Å². The molecule has 1 aromatic carbocycles. The van der Waals surface area contributed by atoms with Crippen molar-refractivity contribution in [2.24, 2.45) is 0 Å². The van der Waals surface area contributed by atoms with Gasteiger partial charge in [-0.05, 0) is 24.8 Å². The Kier molecular flexibility index (Phi) is 5.09. The van der Waals surface area contributed by atoms with E-state index in [0.717, 1.165) is 12.8 Å². The molecule has 1 atom stereocenters. The second kappa shape index (κ2) is 6.84. The molecule has 0 spiro atoms. The Balaban J connectivity index is 2.03. The van der Waals surface area contributed by atoms with E-state index in [9.17, 15) is 23.3 Å². The van der Waals surface area contributed by atoms with Gasteiger partial charge in [0.1, 0.15) is 6.04 Å². The molecule has 1 amide bonds. The number of carbonyl (C=O) groups excluding carboxylic acids is 1. The standard InChI is InChI=1S/C13H17N3O5S/c17-13-12(3-1-2-8-14-13)15-22(20,21)9-10-4-6-11(7-5-10)16(18)19/h4-7,12,15H,1-3,8-9H2,(H,14,17)/t12-/m0/s1. The molecule has 9 heteroatoms. The normalized spacial score (nSPS) is 19.3. The summed E-state index contributed by atoms with van der Waals surface area (Å²) in [5.41, 5.74) is 0.324. The van der Waals surface area contributed by atoms with Gasteiger partial charge in [-0.1, -0.05) is 12.1 Å². The Labute approximate surface area is 128 Å². The highest BCUT2D eigenvalue weighted by Crippen LogP contribution is 2.14. The first-order valence-electron chi connectivity index (χ1n) is 6.88. The third kappa shape index (κ3) is 4.50. The summed E-state index contributed by atoms with van der Waals surface area (Å²) in [5, 5.41) is 13.2. The number of hydrogen-bond acceptors (Lipinski definition) is 5. The van der Waals surface area contributed by atoms with Crippen molar-refractivity contribution in [3.63, 3.8) is 0 Å². The maximum Gasteiger partial charge on any atom is 0.269 e. The second-order valence-electron chi connectivity index (χ2n) is 5.14. The summed E-state index contributed by atoms with van der Waals surface area (Å²) in [4.78, 5) is 21.8. The summed E-state index contributed by atoms with van der Waals surface area (Å²) >= 11 is 0. The Hall–Kier alpha value is -2.00. The van der Waals surface area contributed by atoms with Crippen molar-refractivity contribution < 1.29 is 18.1 Å². The quantitative estimate of drug-likeness (QED) is 0.609. The molecule has 2 rings (SSSR count). The molecule has 2 N–H and O–H groups in total. The first kappa shape index (κ1) is 16.4. The fourth-order valence-corrected chi connectivity index (χ4v) is 3.62. The smallest absolute Gasteiger partial charge is 0.269 e. The first-order chi connectivity index (χ1) is 10.4. The van der Waals surface area contributed by atoms with E-state index < -0.39 is 21.0 Å². The fourth-order valence-electron chi connectivity index (χ4n) is 2.24. The molecule has 22 heavy (non-hydrogen) atoms. The zero-order valence-electron chi connectivity index (χ0n) is 11.8. The van der Waals surface area contributed by atoms with E-state index in [1.54, 1.807) is 0 Å². The largest absolute Gasteiger partial charge is 0.355 e. The van der Waals surface area contributed by atoms with Crippen molar-refractivity contribution in [1.82, 2.24) is 10.0 Å². The number of nitrogens with one attached hydrogen (secondary N) is 2. The number of nitro groups is 1. The SMILES string of the molecule is O=C1NCCCC[C@@H]1NS(=O)(=O)Cc1ccc([N+](=O)[O-])cc1. The van der Waals surface area contributed by atoms with Crippen LogP contribution in [0.5, 0.6) is 0 Å². The summed E-state index contributed by atoms with van der Waals surface area (Å²) in [7, 11) is -3.70. The van der Waals surface area contributed by atoms with E-state index in [4.69, 9.17) is 0 Å². The number of amides is 1. The van der Waals surface area contributed by atoms with E-state index in [2.05, 4.69) is 10.0 Å². The van der Waals surface area contributed by atoms with Crippen LogP contribution in [0, 0.1) is 10.1 Å². The van der Waals surface area contributed by atoms with Crippen molar-refractivity contribution in [2.75, 3.05) is 6.54 Å². The van der Waals surface area contributed by atoms with Crippen LogP contribution in [0.15, 0.2) is 24.3 Å². The topological polar surface area (TPSA) is 118 Å². The molecule has 0 bridgehead atoms. The van der Waals surface area contributed by atoms with Crippen LogP contribution in [0.1, 0.15) is 24.8 Å². The number of benzene rings is 1. The Bertz CT molecular complexity index is 657. The zero-order chi connectivity index (χ0) is 16.2. The molecule has 1 aromatic rings. The minimum absolute atomic E-state index is 0.0998. The maximum atomic E-state index is 12.1. The van der Waals surface area contributed by atoms with Crippen LogP contribution in [0.3, 0.4) is 0 Å². The van der Waals surface area contributed by atoms with Gasteiger partial charge < -0.3 is 5.32 Å². The van der Waals surface area contributed by atoms with Crippen molar-refractivity contribution in [3.05, 3.63) is 39.9 Å². The number of sulfonamides is 1. The lowest BCUT2D eigenvalue weighted by Crippen LogP contribution is -2.45. The monoisotopic (exact) mass is 327 g/mol. The molecule has 0 aromatic heterocycles. The molecule has 0 radical (unpaired) electrons. The van der Waals surface area contributed by atoms with E-state index in [0.29, 0.717) is 18.5 Å². The average Bonchev–Trinajstić information content (AvgIpc) is 2.64. The van der Waals surface area contributed by atoms with E-state index in [1.807, 2.05) is 0 Å². The zero-order valence-corrected chi connectivity index (χ0v) is 12.6. The highest BCUT2D eigenvalue weighted by molar-refractivity contribution is 7.88. The molecule has 1 fully saturated rings. The molecule has 120 valence electrons. The number of nitrogens with zero attached hydrogens (tertiary/aromatic N) is 1. The van der Waals surface area contributed by atoms with Crippen LogP contribution >= 0.6 is 0 Å². The van der Waals surface area contributed by atoms with Crippen molar-refractivity contribution in [1.29, 1.82) is 0 Å². The number of hydrogen-bond donors (Lipinski definition) is 2. The molecule has 1 heterocycles. The lowest BCUT2D eigenvalue weighted by molar-refractivity contribution is -0.384. The second-order valence-corrected chi connectivity index (χ2v) is 6.89. The molecule has 1 aliphatic heterocycles. The Morgan fingerprint density at radius 2 is 1.95 bits per heavy atom. The minimum atomic E-state index is -3.70. The molecule has 0 saturated carbocycles. The van der Waals surface area contributed by atoms with Gasteiger partial charge in [-0.15, -0.1) is 0 Å². The fraction of sp³-hybridized carbons (Fsp3) is 0.462. The van der Waals surface area contributed by atoms with Gasteiger partial charge in [0, 0.05) is 18.7 Å². The van der Waals surface area contributed by atoms with Crippen LogP contribution < -0.4 is 10.0 Å². The highest BCUT2D eigenvalue weighted by atomic mass is 32.2. The summed E-state index contributed by atoms with van der Waals surface area (Å²) < 4.78 is 26.6. The van der Waals surface area contributed by atoms with Gasteiger partial charge in [-0.2, -0.15) is 0 Å². The van der Waals surface area contributed by atoms with Crippen molar-refractivity contribution in [3.8, 4) is 0 Å². The summed E-state index contributed by atoms with van der Waals surface area (Å²) in [6, 6.07) is 4.53. The van der Waals surface area contributed by atoms with Gasteiger partial charge in [0.2, 0.25) is 15.9 Å². The number of carbonyl (C=O) groups is 1. The number of rotatable bonds is 5. The number of nitro benzene ring substituents is 1. The molecular formula is C13H17N3O5S. The predicted molar refractivity (Wildman–Crippen MR) is 79.5 cm³/mol.